The van der Waals surface area contributed by atoms with Gasteiger partial charge in [-0.25, -0.2) is 14.8 Å². The highest BCUT2D eigenvalue weighted by Crippen LogP contribution is 2.38. The van der Waals surface area contributed by atoms with Gasteiger partial charge in [0.1, 0.15) is 0 Å². The molecule has 2 aromatic rings. The Kier molecular flexibility index (Phi) is 6.54. The lowest BCUT2D eigenvalue weighted by Crippen LogP contribution is -2.47. The Bertz CT molecular complexity index is 889. The van der Waals surface area contributed by atoms with Crippen LogP contribution < -0.4 is 10.6 Å². The SMILES string of the molecule is CC1(C)c2cnc(NC3CC(O)C3)nc2CN1C(=O)N[C@H](CO)c1ccccc1.S. The van der Waals surface area contributed by atoms with E-state index in [-0.39, 0.29) is 38.3 Å². The minimum absolute atomic E-state index is 0. The summed E-state index contributed by atoms with van der Waals surface area (Å²) in [6.07, 6.45) is 2.92. The van der Waals surface area contributed by atoms with Crippen LogP contribution >= 0.6 is 13.5 Å². The van der Waals surface area contributed by atoms with Crippen LogP contribution in [0.15, 0.2) is 36.5 Å². The van der Waals surface area contributed by atoms with Crippen molar-refractivity contribution in [2.24, 2.45) is 0 Å². The number of amides is 2. The molecule has 30 heavy (non-hydrogen) atoms. The van der Waals surface area contributed by atoms with E-state index in [2.05, 4.69) is 20.6 Å². The number of aromatic nitrogens is 2. The van der Waals surface area contributed by atoms with E-state index in [0.717, 1.165) is 16.8 Å². The van der Waals surface area contributed by atoms with Crippen molar-refractivity contribution in [2.45, 2.75) is 57.0 Å². The fourth-order valence-electron chi connectivity index (χ4n) is 3.97. The molecule has 1 aromatic carbocycles. The maximum Gasteiger partial charge on any atom is 0.319 e. The zero-order valence-corrected chi connectivity index (χ0v) is 18.2. The van der Waals surface area contributed by atoms with Gasteiger partial charge in [0.15, 0.2) is 0 Å². The second-order valence-electron chi connectivity index (χ2n) is 8.26. The molecule has 1 saturated carbocycles. The molecule has 8 nitrogen and oxygen atoms in total. The Labute approximate surface area is 183 Å². The second-order valence-corrected chi connectivity index (χ2v) is 8.26. The molecule has 0 saturated heterocycles. The molecule has 1 aromatic heterocycles. The molecule has 162 valence electrons. The molecule has 2 heterocycles. The van der Waals surface area contributed by atoms with Crippen LogP contribution in [0.5, 0.6) is 0 Å². The maximum absolute atomic E-state index is 13.0. The average molecular weight is 432 g/mol. The van der Waals surface area contributed by atoms with Gasteiger partial charge in [0, 0.05) is 17.8 Å². The van der Waals surface area contributed by atoms with Crippen LogP contribution in [-0.4, -0.2) is 49.9 Å². The summed E-state index contributed by atoms with van der Waals surface area (Å²) in [5.74, 6) is 0.524. The third-order valence-electron chi connectivity index (χ3n) is 5.88. The first-order chi connectivity index (χ1) is 13.9. The first kappa shape index (κ1) is 22.3. The maximum atomic E-state index is 13.0. The van der Waals surface area contributed by atoms with Gasteiger partial charge >= 0.3 is 6.03 Å². The number of aliphatic hydroxyl groups excluding tert-OH is 2. The number of carbonyl (C=O) groups excluding carboxylic acids is 1. The van der Waals surface area contributed by atoms with Gasteiger partial charge in [-0.1, -0.05) is 30.3 Å². The van der Waals surface area contributed by atoms with Crippen LogP contribution in [0, 0.1) is 0 Å². The van der Waals surface area contributed by atoms with E-state index in [4.69, 9.17) is 0 Å². The highest BCUT2D eigenvalue weighted by Gasteiger charge is 2.42. The molecule has 4 rings (SSSR count). The number of rotatable bonds is 5. The van der Waals surface area contributed by atoms with Gasteiger partial charge < -0.3 is 25.7 Å². The van der Waals surface area contributed by atoms with Gasteiger partial charge in [0.2, 0.25) is 5.95 Å². The van der Waals surface area contributed by atoms with Crippen LogP contribution in [0.25, 0.3) is 0 Å². The predicted octanol–water partition coefficient (Wildman–Crippen LogP) is 2.02. The zero-order chi connectivity index (χ0) is 20.6. The van der Waals surface area contributed by atoms with Crippen molar-refractivity contribution in [3.63, 3.8) is 0 Å². The second kappa shape index (κ2) is 8.79. The van der Waals surface area contributed by atoms with Crippen molar-refractivity contribution in [3.05, 3.63) is 53.3 Å². The Morgan fingerprint density at radius 2 is 2.00 bits per heavy atom. The number of nitrogens with one attached hydrogen (secondary N) is 2. The number of benzene rings is 1. The topological polar surface area (TPSA) is 111 Å². The lowest BCUT2D eigenvalue weighted by atomic mass is 9.90. The lowest BCUT2D eigenvalue weighted by molar-refractivity contribution is 0.0834. The Morgan fingerprint density at radius 1 is 1.30 bits per heavy atom. The standard InChI is InChI=1S/C21H27N5O3.H2S/c1-21(2)16-10-22-19(23-14-8-15(28)9-14)24-17(16)11-26(21)20(29)25-18(12-27)13-6-4-3-5-7-13;/h3-7,10,14-15,18,27-28H,8-9,11-12H2,1-2H3,(H,25,29)(H,22,23,24);1H2/t14?,15?,18-;/m1./s1. The Balaban J connectivity index is 0.00000256. The number of urea groups is 1. The van der Waals surface area contributed by atoms with Crippen molar-refractivity contribution in [2.75, 3.05) is 11.9 Å². The zero-order valence-electron chi connectivity index (χ0n) is 17.2. The first-order valence-electron chi connectivity index (χ1n) is 9.93. The van der Waals surface area contributed by atoms with E-state index >= 15 is 0 Å². The van der Waals surface area contributed by atoms with Crippen LogP contribution in [0.2, 0.25) is 0 Å². The summed E-state index contributed by atoms with van der Waals surface area (Å²) in [6.45, 7) is 4.12. The molecular formula is C21H29N5O3S. The van der Waals surface area contributed by atoms with E-state index in [1.54, 1.807) is 11.1 Å². The van der Waals surface area contributed by atoms with Crippen LogP contribution in [0.3, 0.4) is 0 Å². The van der Waals surface area contributed by atoms with Gasteiger partial charge in [-0.05, 0) is 32.3 Å². The summed E-state index contributed by atoms with van der Waals surface area (Å²) in [5.41, 5.74) is 2.00. The summed E-state index contributed by atoms with van der Waals surface area (Å²) in [4.78, 5) is 23.8. The molecule has 1 aliphatic carbocycles. The molecule has 0 spiro atoms. The van der Waals surface area contributed by atoms with E-state index in [9.17, 15) is 15.0 Å². The molecule has 1 fully saturated rings. The molecule has 2 aliphatic rings. The summed E-state index contributed by atoms with van der Waals surface area (Å²) in [6, 6.07) is 8.87. The number of carbonyl (C=O) groups is 1. The van der Waals surface area contributed by atoms with Gasteiger partial charge in [-0.3, -0.25) is 0 Å². The minimum Gasteiger partial charge on any atom is -0.394 e. The van der Waals surface area contributed by atoms with Crippen LogP contribution in [0.1, 0.15) is 49.6 Å². The largest absolute Gasteiger partial charge is 0.394 e. The van der Waals surface area contributed by atoms with E-state index in [0.29, 0.717) is 25.3 Å². The summed E-state index contributed by atoms with van der Waals surface area (Å²) >= 11 is 0. The average Bonchev–Trinajstić information content (AvgIpc) is 2.96. The highest BCUT2D eigenvalue weighted by atomic mass is 32.1. The number of hydrogen-bond acceptors (Lipinski definition) is 6. The van der Waals surface area contributed by atoms with E-state index < -0.39 is 11.6 Å². The number of anilines is 1. The normalized spacial score (nSPS) is 22.3. The van der Waals surface area contributed by atoms with Gasteiger partial charge in [-0.2, -0.15) is 13.5 Å². The summed E-state index contributed by atoms with van der Waals surface area (Å²) in [7, 11) is 0. The molecular weight excluding hydrogens is 402 g/mol. The van der Waals surface area contributed by atoms with Crippen molar-refractivity contribution in [1.82, 2.24) is 20.2 Å². The molecule has 0 unspecified atom stereocenters. The summed E-state index contributed by atoms with van der Waals surface area (Å²) < 4.78 is 0. The van der Waals surface area contributed by atoms with Crippen LogP contribution in [0.4, 0.5) is 10.7 Å². The molecule has 1 aliphatic heterocycles. The minimum atomic E-state index is -0.568. The number of hydrogen-bond donors (Lipinski definition) is 4. The monoisotopic (exact) mass is 431 g/mol. The van der Waals surface area contributed by atoms with E-state index in [1.165, 1.54) is 0 Å². The Hall–Kier alpha value is -2.36. The van der Waals surface area contributed by atoms with Crippen molar-refractivity contribution >= 4 is 25.5 Å². The van der Waals surface area contributed by atoms with Crippen molar-refractivity contribution < 1.29 is 15.0 Å². The van der Waals surface area contributed by atoms with Gasteiger partial charge in [-0.15, -0.1) is 0 Å². The molecule has 2 amide bonds. The quantitative estimate of drug-likeness (QED) is 0.577. The molecule has 4 N–H and O–H groups in total. The predicted molar refractivity (Wildman–Crippen MR) is 118 cm³/mol. The van der Waals surface area contributed by atoms with Crippen LogP contribution in [-0.2, 0) is 12.1 Å². The molecule has 0 bridgehead atoms. The van der Waals surface area contributed by atoms with Gasteiger partial charge in [0.25, 0.3) is 0 Å². The van der Waals surface area contributed by atoms with Crippen molar-refractivity contribution in [1.29, 1.82) is 0 Å². The number of aliphatic hydroxyl groups is 2. The smallest absolute Gasteiger partial charge is 0.319 e. The number of nitrogens with zero attached hydrogens (tertiary/aromatic N) is 3. The highest BCUT2D eigenvalue weighted by molar-refractivity contribution is 7.59. The third kappa shape index (κ3) is 4.23. The lowest BCUT2D eigenvalue weighted by Gasteiger charge is -2.33. The third-order valence-corrected chi connectivity index (χ3v) is 5.88. The molecule has 9 heteroatoms. The molecule has 0 radical (unpaired) electrons. The Morgan fingerprint density at radius 3 is 2.63 bits per heavy atom. The fourth-order valence-corrected chi connectivity index (χ4v) is 3.97. The summed E-state index contributed by atoms with van der Waals surface area (Å²) in [5, 5.41) is 25.4. The van der Waals surface area contributed by atoms with Crippen molar-refractivity contribution in [3.8, 4) is 0 Å². The number of fused-ring (bicyclic) bond motifs is 1. The first-order valence-corrected chi connectivity index (χ1v) is 9.93. The van der Waals surface area contributed by atoms with Gasteiger partial charge in [0.05, 0.1) is 36.5 Å². The van der Waals surface area contributed by atoms with E-state index in [1.807, 2.05) is 44.2 Å². The fraction of sp³-hybridized carbons (Fsp3) is 0.476. The molecule has 1 atom stereocenters.